The average Bonchev–Trinajstić information content (AvgIpc) is 2.58. The fourth-order valence-electron chi connectivity index (χ4n) is 1.08. The molecule has 1 aromatic rings. The van der Waals surface area contributed by atoms with Gasteiger partial charge in [0.2, 0.25) is 5.91 Å². The number of hydrogen-bond donors (Lipinski definition) is 2. The number of hydrogen-bond acceptors (Lipinski definition) is 3. The van der Waals surface area contributed by atoms with Crippen LogP contribution in [-0.4, -0.2) is 11.9 Å². The minimum absolute atomic E-state index is 0.0387. The normalized spacial score (nSPS) is 12.5. The van der Waals surface area contributed by atoms with E-state index in [1.54, 1.807) is 0 Å². The number of amides is 1. The maximum Gasteiger partial charge on any atom is 0.220 e. The zero-order valence-electron chi connectivity index (χ0n) is 8.63. The van der Waals surface area contributed by atoms with E-state index in [1.165, 1.54) is 11.3 Å². The highest BCUT2D eigenvalue weighted by Gasteiger charge is 2.04. The molecule has 1 amide bonds. The molecule has 1 rings (SSSR count). The Morgan fingerprint density at radius 3 is 2.93 bits per heavy atom. The quantitative estimate of drug-likeness (QED) is 0.837. The standard InChI is InChI=1S/C10H15ClN2OS/c1-7(12)2-5-10(14)13-6-8-3-4-9(11)15-8/h3-4,7H,2,5-6,12H2,1H3,(H,13,14). The maximum absolute atomic E-state index is 11.3. The van der Waals surface area contributed by atoms with Gasteiger partial charge >= 0.3 is 0 Å². The van der Waals surface area contributed by atoms with Crippen molar-refractivity contribution in [2.24, 2.45) is 5.73 Å². The minimum Gasteiger partial charge on any atom is -0.351 e. The van der Waals surface area contributed by atoms with Crippen LogP contribution < -0.4 is 11.1 Å². The molecule has 0 saturated carbocycles. The third-order valence-electron chi connectivity index (χ3n) is 1.92. The molecule has 3 nitrogen and oxygen atoms in total. The largest absolute Gasteiger partial charge is 0.351 e. The van der Waals surface area contributed by atoms with Gasteiger partial charge in [0, 0.05) is 17.3 Å². The summed E-state index contributed by atoms with van der Waals surface area (Å²) in [5.74, 6) is 0.0387. The first-order valence-electron chi connectivity index (χ1n) is 4.84. The molecule has 1 unspecified atom stereocenters. The van der Waals surface area contributed by atoms with Gasteiger partial charge in [-0.25, -0.2) is 0 Å². The predicted octanol–water partition coefficient (Wildman–Crippen LogP) is 2.15. The Morgan fingerprint density at radius 2 is 2.40 bits per heavy atom. The molecule has 1 atom stereocenters. The fraction of sp³-hybridized carbons (Fsp3) is 0.500. The molecule has 0 aliphatic carbocycles. The topological polar surface area (TPSA) is 55.1 Å². The summed E-state index contributed by atoms with van der Waals surface area (Å²) in [5, 5.41) is 2.82. The van der Waals surface area contributed by atoms with Crippen LogP contribution in [0.2, 0.25) is 4.34 Å². The third-order valence-corrected chi connectivity index (χ3v) is 3.15. The van der Waals surface area contributed by atoms with Crippen molar-refractivity contribution in [1.82, 2.24) is 5.32 Å². The number of nitrogens with two attached hydrogens (primary N) is 1. The smallest absolute Gasteiger partial charge is 0.220 e. The number of nitrogens with one attached hydrogen (secondary N) is 1. The van der Waals surface area contributed by atoms with Crippen LogP contribution in [0.15, 0.2) is 12.1 Å². The van der Waals surface area contributed by atoms with E-state index in [-0.39, 0.29) is 11.9 Å². The van der Waals surface area contributed by atoms with E-state index in [0.29, 0.717) is 13.0 Å². The monoisotopic (exact) mass is 246 g/mol. The van der Waals surface area contributed by atoms with Gasteiger partial charge in [-0.2, -0.15) is 0 Å². The molecule has 0 fully saturated rings. The Balaban J connectivity index is 2.22. The number of carbonyl (C=O) groups is 1. The highest BCUT2D eigenvalue weighted by atomic mass is 35.5. The van der Waals surface area contributed by atoms with E-state index in [0.717, 1.165) is 15.6 Å². The Bertz CT molecular complexity index is 325. The van der Waals surface area contributed by atoms with Crippen LogP contribution in [0.25, 0.3) is 0 Å². The fourth-order valence-corrected chi connectivity index (χ4v) is 2.11. The van der Waals surface area contributed by atoms with Gasteiger partial charge in [-0.3, -0.25) is 4.79 Å². The Kier molecular flexibility index (Phi) is 5.08. The molecule has 0 saturated heterocycles. The van der Waals surface area contributed by atoms with Gasteiger partial charge in [0.15, 0.2) is 0 Å². The summed E-state index contributed by atoms with van der Waals surface area (Å²) in [7, 11) is 0. The molecule has 3 N–H and O–H groups in total. The van der Waals surface area contributed by atoms with E-state index < -0.39 is 0 Å². The van der Waals surface area contributed by atoms with Crippen molar-refractivity contribution < 1.29 is 4.79 Å². The second-order valence-electron chi connectivity index (χ2n) is 3.50. The molecule has 0 aliphatic rings. The molecule has 0 bridgehead atoms. The first-order valence-corrected chi connectivity index (χ1v) is 6.04. The summed E-state index contributed by atoms with van der Waals surface area (Å²) in [4.78, 5) is 12.4. The van der Waals surface area contributed by atoms with Crippen molar-refractivity contribution in [3.8, 4) is 0 Å². The lowest BCUT2D eigenvalue weighted by Crippen LogP contribution is -2.25. The average molecular weight is 247 g/mol. The SMILES string of the molecule is CC(N)CCC(=O)NCc1ccc(Cl)s1. The van der Waals surface area contributed by atoms with Gasteiger partial charge in [0.1, 0.15) is 0 Å². The van der Waals surface area contributed by atoms with Crippen LogP contribution in [0.4, 0.5) is 0 Å². The number of rotatable bonds is 5. The Labute approximate surface area is 98.6 Å². The third kappa shape index (κ3) is 5.16. The van der Waals surface area contributed by atoms with Crippen molar-refractivity contribution in [3.63, 3.8) is 0 Å². The molecule has 1 heterocycles. The van der Waals surface area contributed by atoms with Gasteiger partial charge in [0.25, 0.3) is 0 Å². The first-order chi connectivity index (χ1) is 7.08. The van der Waals surface area contributed by atoms with Crippen molar-refractivity contribution >= 4 is 28.8 Å². The van der Waals surface area contributed by atoms with Gasteiger partial charge in [-0.15, -0.1) is 11.3 Å². The van der Waals surface area contributed by atoms with Crippen molar-refractivity contribution in [2.75, 3.05) is 0 Å². The van der Waals surface area contributed by atoms with Crippen molar-refractivity contribution in [3.05, 3.63) is 21.3 Å². The van der Waals surface area contributed by atoms with Crippen LogP contribution >= 0.6 is 22.9 Å². The van der Waals surface area contributed by atoms with Crippen LogP contribution in [0.1, 0.15) is 24.6 Å². The first kappa shape index (κ1) is 12.5. The number of halogens is 1. The predicted molar refractivity (Wildman–Crippen MR) is 64.1 cm³/mol. The van der Waals surface area contributed by atoms with Crippen LogP contribution in [0.3, 0.4) is 0 Å². The van der Waals surface area contributed by atoms with E-state index >= 15 is 0 Å². The summed E-state index contributed by atoms with van der Waals surface area (Å²) in [6, 6.07) is 3.82. The Hall–Kier alpha value is -0.580. The van der Waals surface area contributed by atoms with Crippen molar-refractivity contribution in [1.29, 1.82) is 0 Å². The Morgan fingerprint density at radius 1 is 1.67 bits per heavy atom. The molecule has 84 valence electrons. The maximum atomic E-state index is 11.3. The van der Waals surface area contributed by atoms with E-state index in [1.807, 2.05) is 19.1 Å². The van der Waals surface area contributed by atoms with Crippen LogP contribution in [-0.2, 0) is 11.3 Å². The van der Waals surface area contributed by atoms with E-state index in [9.17, 15) is 4.79 Å². The lowest BCUT2D eigenvalue weighted by molar-refractivity contribution is -0.121. The summed E-state index contributed by atoms with van der Waals surface area (Å²) >= 11 is 7.25. The molecule has 0 radical (unpaired) electrons. The second-order valence-corrected chi connectivity index (χ2v) is 5.30. The molecule has 15 heavy (non-hydrogen) atoms. The molecular weight excluding hydrogens is 232 g/mol. The lowest BCUT2D eigenvalue weighted by atomic mass is 10.2. The molecular formula is C10H15ClN2OS. The van der Waals surface area contributed by atoms with Gasteiger partial charge in [-0.05, 0) is 25.5 Å². The molecule has 5 heteroatoms. The molecule has 1 aromatic heterocycles. The number of thiophene rings is 1. The van der Waals surface area contributed by atoms with E-state index in [2.05, 4.69) is 5.32 Å². The second kappa shape index (κ2) is 6.10. The zero-order chi connectivity index (χ0) is 11.3. The van der Waals surface area contributed by atoms with E-state index in [4.69, 9.17) is 17.3 Å². The summed E-state index contributed by atoms with van der Waals surface area (Å²) in [5.41, 5.74) is 5.56. The number of carbonyl (C=O) groups excluding carboxylic acids is 1. The molecule has 0 spiro atoms. The highest BCUT2D eigenvalue weighted by molar-refractivity contribution is 7.16. The minimum atomic E-state index is 0.0387. The zero-order valence-corrected chi connectivity index (χ0v) is 10.2. The summed E-state index contributed by atoms with van der Waals surface area (Å²) in [6.45, 7) is 2.45. The van der Waals surface area contributed by atoms with Gasteiger partial charge in [0.05, 0.1) is 10.9 Å². The van der Waals surface area contributed by atoms with Crippen LogP contribution in [0, 0.1) is 0 Å². The molecule has 0 aromatic carbocycles. The highest BCUT2D eigenvalue weighted by Crippen LogP contribution is 2.20. The summed E-state index contributed by atoms with van der Waals surface area (Å²) in [6.07, 6.45) is 1.20. The van der Waals surface area contributed by atoms with Crippen molar-refractivity contribution in [2.45, 2.75) is 32.4 Å². The van der Waals surface area contributed by atoms with Gasteiger partial charge < -0.3 is 11.1 Å². The van der Waals surface area contributed by atoms with Crippen LogP contribution in [0.5, 0.6) is 0 Å². The molecule has 0 aliphatic heterocycles. The lowest BCUT2D eigenvalue weighted by Gasteiger charge is -2.05. The van der Waals surface area contributed by atoms with Gasteiger partial charge in [-0.1, -0.05) is 11.6 Å². The summed E-state index contributed by atoms with van der Waals surface area (Å²) < 4.78 is 0.745.